The molecule has 2 aromatic carbocycles. The molecule has 0 saturated carbocycles. The van der Waals surface area contributed by atoms with Crippen molar-refractivity contribution < 1.29 is 22.3 Å². The van der Waals surface area contributed by atoms with E-state index in [0.717, 1.165) is 0 Å². The highest BCUT2D eigenvalue weighted by molar-refractivity contribution is 7.89. The molecule has 0 unspecified atom stereocenters. The zero-order valence-electron chi connectivity index (χ0n) is 15.4. The van der Waals surface area contributed by atoms with Crippen LogP contribution in [0, 0.1) is 5.82 Å². The topological polar surface area (TPSA) is 66.9 Å². The Hall–Kier alpha value is -2.71. The first kappa shape index (κ1) is 20.0. The molecule has 0 atom stereocenters. The fourth-order valence-electron chi connectivity index (χ4n) is 2.93. The summed E-state index contributed by atoms with van der Waals surface area (Å²) in [4.78, 5) is 14.1. The molecule has 28 heavy (non-hydrogen) atoms. The maximum atomic E-state index is 13.2. The van der Waals surface area contributed by atoms with Crippen LogP contribution in [0.15, 0.2) is 59.5 Å². The molecule has 1 amide bonds. The van der Waals surface area contributed by atoms with Crippen LogP contribution < -0.4 is 4.74 Å². The second-order valence-corrected chi connectivity index (χ2v) is 8.23. The van der Waals surface area contributed by atoms with Crippen molar-refractivity contribution in [2.45, 2.75) is 4.90 Å². The number of nitrogens with zero attached hydrogens (tertiary/aromatic N) is 2. The molecule has 0 radical (unpaired) electrons. The molecule has 8 heteroatoms. The molecule has 148 valence electrons. The first-order valence-electron chi connectivity index (χ1n) is 8.77. The summed E-state index contributed by atoms with van der Waals surface area (Å²) < 4.78 is 45.1. The minimum atomic E-state index is -3.62. The summed E-state index contributed by atoms with van der Waals surface area (Å²) in [5.74, 6) is -0.0165. The van der Waals surface area contributed by atoms with Gasteiger partial charge in [0, 0.05) is 32.3 Å². The first-order chi connectivity index (χ1) is 13.4. The minimum absolute atomic E-state index is 0.194. The molecule has 1 aliphatic rings. The first-order valence-corrected chi connectivity index (χ1v) is 10.2. The quantitative estimate of drug-likeness (QED) is 0.718. The van der Waals surface area contributed by atoms with E-state index in [-0.39, 0.29) is 29.7 Å². The third-order valence-corrected chi connectivity index (χ3v) is 6.43. The normalized spacial score (nSPS) is 15.7. The molecule has 1 heterocycles. The maximum Gasteiger partial charge on any atom is 0.246 e. The highest BCUT2D eigenvalue weighted by Gasteiger charge is 2.29. The molecule has 0 bridgehead atoms. The number of benzene rings is 2. The summed E-state index contributed by atoms with van der Waals surface area (Å²) in [6.07, 6.45) is 2.92. The van der Waals surface area contributed by atoms with Gasteiger partial charge in [0.2, 0.25) is 15.9 Å². The Morgan fingerprint density at radius 3 is 2.36 bits per heavy atom. The zero-order valence-corrected chi connectivity index (χ0v) is 16.2. The van der Waals surface area contributed by atoms with Crippen molar-refractivity contribution in [2.24, 2.45) is 0 Å². The molecule has 0 spiro atoms. The van der Waals surface area contributed by atoms with Crippen molar-refractivity contribution in [2.75, 3.05) is 33.3 Å². The Morgan fingerprint density at radius 1 is 1.07 bits per heavy atom. The van der Waals surface area contributed by atoms with Gasteiger partial charge in [-0.15, -0.1) is 0 Å². The third-order valence-electron chi connectivity index (χ3n) is 4.51. The van der Waals surface area contributed by atoms with E-state index in [0.29, 0.717) is 24.4 Å². The second-order valence-electron chi connectivity index (χ2n) is 6.29. The van der Waals surface area contributed by atoms with Gasteiger partial charge in [-0.05, 0) is 48.0 Å². The average molecular weight is 404 g/mol. The van der Waals surface area contributed by atoms with E-state index in [9.17, 15) is 17.6 Å². The van der Waals surface area contributed by atoms with E-state index in [1.54, 1.807) is 35.2 Å². The van der Waals surface area contributed by atoms with Crippen molar-refractivity contribution in [3.05, 3.63) is 66.0 Å². The molecular formula is C20H21FN2O4S. The number of piperazine rings is 1. The Kier molecular flexibility index (Phi) is 6.11. The van der Waals surface area contributed by atoms with Crippen molar-refractivity contribution in [1.29, 1.82) is 0 Å². The maximum absolute atomic E-state index is 13.2. The lowest BCUT2D eigenvalue weighted by Gasteiger charge is -2.33. The zero-order chi connectivity index (χ0) is 20.1. The molecule has 0 N–H and O–H groups in total. The van der Waals surface area contributed by atoms with Gasteiger partial charge in [0.25, 0.3) is 0 Å². The van der Waals surface area contributed by atoms with Gasteiger partial charge >= 0.3 is 0 Å². The molecule has 1 fully saturated rings. The number of rotatable bonds is 5. The number of halogens is 1. The number of carbonyl (C=O) groups excluding carboxylic acids is 1. The van der Waals surface area contributed by atoms with Crippen LogP contribution in [-0.4, -0.2) is 56.8 Å². The van der Waals surface area contributed by atoms with Crippen LogP contribution in [0.4, 0.5) is 4.39 Å². The lowest BCUT2D eigenvalue weighted by atomic mass is 10.2. The fourth-order valence-corrected chi connectivity index (χ4v) is 4.35. The summed E-state index contributed by atoms with van der Waals surface area (Å²) in [6.45, 7) is 1.02. The van der Waals surface area contributed by atoms with Crippen molar-refractivity contribution in [1.82, 2.24) is 9.21 Å². The number of sulfonamides is 1. The highest BCUT2D eigenvalue weighted by atomic mass is 32.2. The molecule has 2 aromatic rings. The Labute approximate surface area is 163 Å². The molecular weight excluding hydrogens is 383 g/mol. The van der Waals surface area contributed by atoms with Gasteiger partial charge in [-0.25, -0.2) is 12.8 Å². The largest absolute Gasteiger partial charge is 0.497 e. The van der Waals surface area contributed by atoms with Gasteiger partial charge in [-0.2, -0.15) is 4.31 Å². The number of hydrogen-bond acceptors (Lipinski definition) is 4. The number of methoxy groups -OCH3 is 1. The molecule has 1 aliphatic heterocycles. The van der Waals surface area contributed by atoms with Gasteiger partial charge in [-0.1, -0.05) is 12.1 Å². The Balaban J connectivity index is 1.60. The van der Waals surface area contributed by atoms with Gasteiger partial charge in [-0.3, -0.25) is 4.79 Å². The SMILES string of the molecule is COc1ccc(S(=O)(=O)N2CCN(C(=O)/C=C/c3cccc(F)c3)CC2)cc1. The monoisotopic (exact) mass is 404 g/mol. The smallest absolute Gasteiger partial charge is 0.246 e. The van der Waals surface area contributed by atoms with Crippen LogP contribution in [0.5, 0.6) is 5.75 Å². The van der Waals surface area contributed by atoms with Crippen LogP contribution in [0.1, 0.15) is 5.56 Å². The number of amides is 1. The average Bonchev–Trinajstić information content (AvgIpc) is 2.72. The summed E-state index contributed by atoms with van der Waals surface area (Å²) in [5.41, 5.74) is 0.592. The van der Waals surface area contributed by atoms with Crippen LogP contribution in [-0.2, 0) is 14.8 Å². The van der Waals surface area contributed by atoms with Crippen molar-refractivity contribution in [3.8, 4) is 5.75 Å². The summed E-state index contributed by atoms with van der Waals surface area (Å²) in [6, 6.07) is 12.2. The van der Waals surface area contributed by atoms with E-state index >= 15 is 0 Å². The Bertz CT molecular complexity index is 966. The van der Waals surface area contributed by atoms with E-state index in [4.69, 9.17) is 4.74 Å². The van der Waals surface area contributed by atoms with Gasteiger partial charge in [0.15, 0.2) is 0 Å². The summed E-state index contributed by atoms with van der Waals surface area (Å²) >= 11 is 0. The Morgan fingerprint density at radius 2 is 1.75 bits per heavy atom. The van der Waals surface area contributed by atoms with Crippen molar-refractivity contribution >= 4 is 22.0 Å². The van der Waals surface area contributed by atoms with Crippen LogP contribution in [0.2, 0.25) is 0 Å². The van der Waals surface area contributed by atoms with Crippen molar-refractivity contribution in [3.63, 3.8) is 0 Å². The predicted octanol–water partition coefficient (Wildman–Crippen LogP) is 2.38. The molecule has 3 rings (SSSR count). The third kappa shape index (κ3) is 4.58. The van der Waals surface area contributed by atoms with E-state index in [1.807, 2.05) is 0 Å². The van der Waals surface area contributed by atoms with E-state index < -0.39 is 10.0 Å². The summed E-state index contributed by atoms with van der Waals surface area (Å²) in [5, 5.41) is 0. The lowest BCUT2D eigenvalue weighted by molar-refractivity contribution is -0.127. The fraction of sp³-hybridized carbons (Fsp3) is 0.250. The minimum Gasteiger partial charge on any atom is -0.497 e. The number of ether oxygens (including phenoxy) is 1. The number of carbonyl (C=O) groups is 1. The van der Waals surface area contributed by atoms with E-state index in [1.165, 1.54) is 41.8 Å². The molecule has 0 aliphatic carbocycles. The molecule has 6 nitrogen and oxygen atoms in total. The van der Waals surface area contributed by atoms with Gasteiger partial charge in [0.05, 0.1) is 12.0 Å². The predicted molar refractivity (Wildman–Crippen MR) is 104 cm³/mol. The van der Waals surface area contributed by atoms with Crippen LogP contribution in [0.3, 0.4) is 0 Å². The highest BCUT2D eigenvalue weighted by Crippen LogP contribution is 2.20. The molecule has 0 aromatic heterocycles. The number of hydrogen-bond donors (Lipinski definition) is 0. The van der Waals surface area contributed by atoms with E-state index in [2.05, 4.69) is 0 Å². The van der Waals surface area contributed by atoms with Gasteiger partial charge < -0.3 is 9.64 Å². The summed E-state index contributed by atoms with van der Waals surface area (Å²) in [7, 11) is -2.10. The van der Waals surface area contributed by atoms with Crippen LogP contribution in [0.25, 0.3) is 6.08 Å². The standard InChI is InChI=1S/C20H21FN2O4S/c1-27-18-6-8-19(9-7-18)28(25,26)23-13-11-22(12-14-23)20(24)10-5-16-3-2-4-17(21)15-16/h2-10,15H,11-14H2,1H3/b10-5+. The second kappa shape index (κ2) is 8.53. The van der Waals surface area contributed by atoms with Gasteiger partial charge in [0.1, 0.15) is 11.6 Å². The molecule has 1 saturated heterocycles. The lowest BCUT2D eigenvalue weighted by Crippen LogP contribution is -2.50. The van der Waals surface area contributed by atoms with Crippen LogP contribution >= 0.6 is 0 Å².